The lowest BCUT2D eigenvalue weighted by Crippen LogP contribution is -2.39. The van der Waals surface area contributed by atoms with Gasteiger partial charge in [-0.15, -0.1) is 11.3 Å². The van der Waals surface area contributed by atoms with Crippen LogP contribution in [0.1, 0.15) is 30.1 Å². The largest absolute Gasteiger partial charge is 0.342 e. The lowest BCUT2D eigenvalue weighted by atomic mass is 9.95. The van der Waals surface area contributed by atoms with Gasteiger partial charge in [-0.1, -0.05) is 29.4 Å². The molecular weight excluding hydrogens is 417 g/mol. The smallest absolute Gasteiger partial charge is 0.278 e. The molecule has 0 bridgehead atoms. The number of carbonyl (C=O) groups is 1. The van der Waals surface area contributed by atoms with Crippen molar-refractivity contribution in [2.45, 2.75) is 25.2 Å². The number of aromatic nitrogens is 4. The normalized spacial score (nSPS) is 14.8. The number of aromatic amines is 1. The van der Waals surface area contributed by atoms with Gasteiger partial charge in [-0.3, -0.25) is 9.89 Å². The maximum atomic E-state index is 13.8. The van der Waals surface area contributed by atoms with Gasteiger partial charge in [0.15, 0.2) is 11.5 Å². The van der Waals surface area contributed by atoms with Gasteiger partial charge in [-0.25, -0.2) is 4.39 Å². The van der Waals surface area contributed by atoms with Gasteiger partial charge < -0.3 is 9.42 Å². The Kier molecular flexibility index (Phi) is 5.33. The van der Waals surface area contributed by atoms with Gasteiger partial charge in [-0.05, 0) is 42.0 Å². The summed E-state index contributed by atoms with van der Waals surface area (Å²) in [4.78, 5) is 20.0. The Morgan fingerprint density at radius 3 is 2.84 bits per heavy atom. The minimum atomic E-state index is -0.342. The summed E-state index contributed by atoms with van der Waals surface area (Å²) in [5, 5.41) is 13.4. The SMILES string of the molecule is O=C(Cc1ccccc1F)N1CCC(c2noc(-c3cc(-c4cccs4)[nH]n3)n2)CC1. The molecule has 1 saturated heterocycles. The Labute approximate surface area is 181 Å². The van der Waals surface area contributed by atoms with Gasteiger partial charge in [0, 0.05) is 19.0 Å². The number of thiophene rings is 1. The fraction of sp³-hybridized carbons (Fsp3) is 0.273. The van der Waals surface area contributed by atoms with E-state index in [2.05, 4.69) is 20.3 Å². The first kappa shape index (κ1) is 19.6. The first-order valence-corrected chi connectivity index (χ1v) is 11.0. The van der Waals surface area contributed by atoms with Crippen LogP contribution >= 0.6 is 11.3 Å². The molecule has 0 aliphatic carbocycles. The van der Waals surface area contributed by atoms with Crippen LogP contribution < -0.4 is 0 Å². The molecule has 1 N–H and O–H groups in total. The van der Waals surface area contributed by atoms with E-state index in [0.717, 1.165) is 23.4 Å². The van der Waals surface area contributed by atoms with Crippen LogP contribution in [0.25, 0.3) is 22.2 Å². The highest BCUT2D eigenvalue weighted by atomic mass is 32.1. The number of carbonyl (C=O) groups excluding carboxylic acids is 1. The molecule has 1 aromatic carbocycles. The third-order valence-corrected chi connectivity index (χ3v) is 6.44. The number of rotatable bonds is 5. The van der Waals surface area contributed by atoms with Crippen molar-refractivity contribution in [2.75, 3.05) is 13.1 Å². The van der Waals surface area contributed by atoms with Crippen molar-refractivity contribution >= 4 is 17.2 Å². The van der Waals surface area contributed by atoms with E-state index < -0.39 is 0 Å². The summed E-state index contributed by atoms with van der Waals surface area (Å²) >= 11 is 1.63. The second-order valence-corrected chi connectivity index (χ2v) is 8.47. The number of hydrogen-bond acceptors (Lipinski definition) is 6. The highest BCUT2D eigenvalue weighted by Crippen LogP contribution is 2.30. The monoisotopic (exact) mass is 437 g/mol. The Balaban J connectivity index is 1.20. The number of H-pyrrole nitrogens is 1. The summed E-state index contributed by atoms with van der Waals surface area (Å²) in [5.74, 6) is 0.732. The van der Waals surface area contributed by atoms with Gasteiger partial charge in [0.1, 0.15) is 5.82 Å². The van der Waals surface area contributed by atoms with Crippen LogP contribution in [0.15, 0.2) is 52.4 Å². The first-order valence-electron chi connectivity index (χ1n) is 10.1. The number of nitrogens with zero attached hydrogens (tertiary/aromatic N) is 4. The molecule has 1 amide bonds. The summed E-state index contributed by atoms with van der Waals surface area (Å²) in [6, 6.07) is 12.3. The van der Waals surface area contributed by atoms with Crippen LogP contribution in [-0.4, -0.2) is 44.2 Å². The van der Waals surface area contributed by atoms with Gasteiger partial charge in [-0.2, -0.15) is 10.1 Å². The van der Waals surface area contributed by atoms with Crippen molar-refractivity contribution < 1.29 is 13.7 Å². The number of nitrogens with one attached hydrogen (secondary N) is 1. The summed E-state index contributed by atoms with van der Waals surface area (Å²) in [7, 11) is 0. The molecule has 4 aromatic rings. The van der Waals surface area contributed by atoms with Crippen LogP contribution in [0.5, 0.6) is 0 Å². The molecule has 5 rings (SSSR count). The second-order valence-electron chi connectivity index (χ2n) is 7.53. The van der Waals surface area contributed by atoms with Crippen molar-refractivity contribution in [1.29, 1.82) is 0 Å². The van der Waals surface area contributed by atoms with Crippen molar-refractivity contribution in [3.05, 3.63) is 65.0 Å². The maximum Gasteiger partial charge on any atom is 0.278 e. The maximum absolute atomic E-state index is 13.8. The molecule has 1 fully saturated rings. The van der Waals surface area contributed by atoms with Gasteiger partial charge in [0.2, 0.25) is 5.91 Å². The quantitative estimate of drug-likeness (QED) is 0.504. The molecule has 4 heterocycles. The van der Waals surface area contributed by atoms with Gasteiger partial charge in [0.25, 0.3) is 5.89 Å². The van der Waals surface area contributed by atoms with Crippen molar-refractivity contribution in [3.8, 4) is 22.2 Å². The molecule has 1 aliphatic rings. The summed E-state index contributed by atoms with van der Waals surface area (Å²) in [6.07, 6.45) is 1.56. The van der Waals surface area contributed by atoms with E-state index in [9.17, 15) is 9.18 Å². The highest BCUT2D eigenvalue weighted by Gasteiger charge is 2.28. The lowest BCUT2D eigenvalue weighted by molar-refractivity contribution is -0.131. The van der Waals surface area contributed by atoms with E-state index in [4.69, 9.17) is 4.52 Å². The van der Waals surface area contributed by atoms with E-state index >= 15 is 0 Å². The van der Waals surface area contributed by atoms with Crippen LogP contribution in [0, 0.1) is 5.82 Å². The lowest BCUT2D eigenvalue weighted by Gasteiger charge is -2.30. The standard InChI is InChI=1S/C22H20FN5O2S/c23-16-5-2-1-4-15(16)12-20(29)28-9-7-14(8-10-28)21-24-22(30-27-21)18-13-17(25-26-18)19-6-3-11-31-19/h1-6,11,13-14H,7-10,12H2,(H,25,26). The summed E-state index contributed by atoms with van der Waals surface area (Å²) in [6.45, 7) is 1.18. The Morgan fingerprint density at radius 2 is 2.06 bits per heavy atom. The Bertz CT molecular complexity index is 1180. The average Bonchev–Trinajstić information content (AvgIpc) is 3.56. The second kappa shape index (κ2) is 8.43. The molecule has 0 radical (unpaired) electrons. The number of likely N-dealkylation sites (tertiary alicyclic amines) is 1. The van der Waals surface area contributed by atoms with E-state index in [1.165, 1.54) is 6.07 Å². The van der Waals surface area contributed by atoms with E-state index in [1.807, 2.05) is 23.6 Å². The number of hydrogen-bond donors (Lipinski definition) is 1. The predicted octanol–water partition coefficient (Wildman–Crippen LogP) is 4.28. The van der Waals surface area contributed by atoms with Crippen molar-refractivity contribution in [3.63, 3.8) is 0 Å². The summed E-state index contributed by atoms with van der Waals surface area (Å²) < 4.78 is 19.3. The third kappa shape index (κ3) is 4.13. The van der Waals surface area contributed by atoms with E-state index in [-0.39, 0.29) is 24.1 Å². The Morgan fingerprint density at radius 1 is 1.23 bits per heavy atom. The van der Waals surface area contributed by atoms with E-state index in [0.29, 0.717) is 36.1 Å². The molecule has 0 spiro atoms. The van der Waals surface area contributed by atoms with Gasteiger partial charge in [0.05, 0.1) is 17.0 Å². The minimum absolute atomic E-state index is 0.0602. The number of amides is 1. The summed E-state index contributed by atoms with van der Waals surface area (Å²) in [5.41, 5.74) is 1.95. The zero-order valence-electron chi connectivity index (χ0n) is 16.6. The van der Waals surface area contributed by atoms with Crippen LogP contribution in [-0.2, 0) is 11.2 Å². The zero-order chi connectivity index (χ0) is 21.2. The average molecular weight is 438 g/mol. The molecule has 158 valence electrons. The third-order valence-electron chi connectivity index (χ3n) is 5.54. The van der Waals surface area contributed by atoms with E-state index in [1.54, 1.807) is 34.4 Å². The van der Waals surface area contributed by atoms with Crippen LogP contribution in [0.4, 0.5) is 4.39 Å². The molecule has 0 atom stereocenters. The van der Waals surface area contributed by atoms with Crippen LogP contribution in [0.3, 0.4) is 0 Å². The molecule has 3 aromatic heterocycles. The molecule has 31 heavy (non-hydrogen) atoms. The topological polar surface area (TPSA) is 87.9 Å². The fourth-order valence-electron chi connectivity index (χ4n) is 3.80. The molecule has 9 heteroatoms. The fourth-order valence-corrected chi connectivity index (χ4v) is 4.49. The predicted molar refractivity (Wildman–Crippen MR) is 114 cm³/mol. The molecular formula is C22H20FN5O2S. The van der Waals surface area contributed by atoms with Crippen molar-refractivity contribution in [2.24, 2.45) is 0 Å². The number of benzene rings is 1. The Hall–Kier alpha value is -3.33. The molecule has 7 nitrogen and oxygen atoms in total. The van der Waals surface area contributed by atoms with Gasteiger partial charge >= 0.3 is 0 Å². The first-order chi connectivity index (χ1) is 15.2. The van der Waals surface area contributed by atoms with Crippen molar-refractivity contribution in [1.82, 2.24) is 25.2 Å². The molecule has 0 unspecified atom stereocenters. The highest BCUT2D eigenvalue weighted by molar-refractivity contribution is 7.13. The number of piperidine rings is 1. The molecule has 1 aliphatic heterocycles. The minimum Gasteiger partial charge on any atom is -0.342 e. The van der Waals surface area contributed by atoms with Crippen LogP contribution in [0.2, 0.25) is 0 Å². The molecule has 0 saturated carbocycles. The number of halogens is 1. The zero-order valence-corrected chi connectivity index (χ0v) is 17.4.